The summed E-state index contributed by atoms with van der Waals surface area (Å²) in [6.07, 6.45) is 0. The van der Waals surface area contributed by atoms with Crippen LogP contribution in [-0.4, -0.2) is 0 Å². The van der Waals surface area contributed by atoms with Gasteiger partial charge in [0.15, 0.2) is 0 Å². The molecule has 0 nitrogen and oxygen atoms in total. The van der Waals surface area contributed by atoms with Crippen LogP contribution in [0.5, 0.6) is 0 Å². The molecule has 0 atom stereocenters. The summed E-state index contributed by atoms with van der Waals surface area (Å²) in [5, 5.41) is 5.10. The molecule has 0 aliphatic rings. The molecule has 0 amide bonds. The van der Waals surface area contributed by atoms with E-state index in [1.54, 1.807) is 0 Å². The standard InChI is InChI=1S/C51H46.2CH3.Hf/c1-33(2)37-17-21-39(22-18-37)47-11-7-9-41-29-45(31-49(41)47)51(43-25-13-35(5)14-26-43,44-27-15-36(6)16-28-44)46-30-42-10-8-12-48(50(42)32-46)40-23-19-38(20-24-40)34(3)4;;;/h7-34H,1-6H3;2*1H3;/q-2;2*-1;+4. The Labute approximate surface area is 343 Å². The van der Waals surface area contributed by atoms with E-state index in [1.165, 1.54) is 88.3 Å². The maximum absolute atomic E-state index is 2.48. The Hall–Kier alpha value is -4.59. The Bertz CT molecular complexity index is 2270. The predicted octanol–water partition coefficient (Wildman–Crippen LogP) is 14.9. The summed E-state index contributed by atoms with van der Waals surface area (Å²) in [5.74, 6) is 1.01. The average molecular weight is 867 g/mol. The molecule has 0 aromatic heterocycles. The Morgan fingerprint density at radius 1 is 0.444 bits per heavy atom. The molecule has 54 heavy (non-hydrogen) atoms. The molecule has 0 aliphatic heterocycles. The van der Waals surface area contributed by atoms with E-state index >= 15 is 0 Å². The van der Waals surface area contributed by atoms with Crippen LogP contribution in [0, 0.1) is 28.7 Å². The van der Waals surface area contributed by atoms with E-state index in [-0.39, 0.29) is 40.7 Å². The summed E-state index contributed by atoms with van der Waals surface area (Å²) < 4.78 is 0. The quantitative estimate of drug-likeness (QED) is 0.105. The van der Waals surface area contributed by atoms with Crippen molar-refractivity contribution in [3.8, 4) is 22.3 Å². The van der Waals surface area contributed by atoms with Gasteiger partial charge in [0.1, 0.15) is 0 Å². The summed E-state index contributed by atoms with van der Waals surface area (Å²) in [6, 6.07) is 60.2. The Morgan fingerprint density at radius 3 is 1.13 bits per heavy atom. The van der Waals surface area contributed by atoms with Gasteiger partial charge in [-0.3, -0.25) is 0 Å². The van der Waals surface area contributed by atoms with Crippen LogP contribution < -0.4 is 0 Å². The number of fused-ring (bicyclic) bond motifs is 2. The van der Waals surface area contributed by atoms with Crippen LogP contribution in [-0.2, 0) is 31.3 Å². The van der Waals surface area contributed by atoms with Crippen LogP contribution in [0.4, 0.5) is 0 Å². The van der Waals surface area contributed by atoms with E-state index in [0.29, 0.717) is 11.8 Å². The minimum absolute atomic E-state index is 0. The van der Waals surface area contributed by atoms with Gasteiger partial charge in [0.05, 0.1) is 0 Å². The second-order valence-electron chi connectivity index (χ2n) is 15.1. The third kappa shape index (κ3) is 7.16. The monoisotopic (exact) mass is 868 g/mol. The van der Waals surface area contributed by atoms with Crippen LogP contribution in [0.1, 0.15) is 84.0 Å². The van der Waals surface area contributed by atoms with E-state index < -0.39 is 5.41 Å². The molecule has 8 aromatic carbocycles. The van der Waals surface area contributed by atoms with Crippen LogP contribution >= 0.6 is 0 Å². The summed E-state index contributed by atoms with van der Waals surface area (Å²) >= 11 is 0. The van der Waals surface area contributed by atoms with Crippen molar-refractivity contribution in [2.45, 2.75) is 58.8 Å². The van der Waals surface area contributed by atoms with Crippen LogP contribution in [0.15, 0.2) is 158 Å². The zero-order valence-corrected chi connectivity index (χ0v) is 36.8. The van der Waals surface area contributed by atoms with Crippen molar-refractivity contribution < 1.29 is 25.8 Å². The Balaban J connectivity index is 0.00000187. The molecule has 268 valence electrons. The molecule has 1 heteroatoms. The molecular weight excluding hydrogens is 815 g/mol. The number of aryl methyl sites for hydroxylation is 2. The average Bonchev–Trinajstić information content (AvgIpc) is 3.79. The van der Waals surface area contributed by atoms with Crippen LogP contribution in [0.25, 0.3) is 43.8 Å². The molecule has 0 saturated heterocycles. The van der Waals surface area contributed by atoms with E-state index in [2.05, 4.69) is 199 Å². The first kappa shape index (κ1) is 40.6. The van der Waals surface area contributed by atoms with Crippen molar-refractivity contribution in [3.05, 3.63) is 217 Å². The molecule has 0 fully saturated rings. The number of benzene rings is 6. The third-order valence-corrected chi connectivity index (χ3v) is 11.1. The van der Waals surface area contributed by atoms with Gasteiger partial charge in [0, 0.05) is 5.41 Å². The molecule has 0 aliphatic carbocycles. The molecule has 0 spiro atoms. The molecule has 0 heterocycles. The first-order valence-corrected chi connectivity index (χ1v) is 18.5. The van der Waals surface area contributed by atoms with Gasteiger partial charge in [-0.2, -0.15) is 12.1 Å². The topological polar surface area (TPSA) is 0 Å². The minimum atomic E-state index is -0.545. The van der Waals surface area contributed by atoms with Crippen molar-refractivity contribution >= 4 is 21.5 Å². The zero-order valence-electron chi connectivity index (χ0n) is 33.2. The third-order valence-electron chi connectivity index (χ3n) is 11.1. The van der Waals surface area contributed by atoms with Crippen LogP contribution in [0.3, 0.4) is 0 Å². The first-order valence-electron chi connectivity index (χ1n) is 18.5. The molecule has 0 saturated carbocycles. The molecule has 0 radical (unpaired) electrons. The molecular formula is C53H52Hf. The number of hydrogen-bond donors (Lipinski definition) is 0. The smallest absolute Gasteiger partial charge is 0.358 e. The van der Waals surface area contributed by atoms with Gasteiger partial charge in [-0.05, 0) is 59.1 Å². The first-order chi connectivity index (χ1) is 24.7. The van der Waals surface area contributed by atoms with Crippen molar-refractivity contribution in [2.24, 2.45) is 0 Å². The van der Waals surface area contributed by atoms with Gasteiger partial charge in [-0.25, -0.2) is 0 Å². The SMILES string of the molecule is Cc1ccc(C(c2ccc(C)cc2)(c2cc3c(-c4ccc(C(C)C)cc4)cccc3[cH-]2)c2cc3c(-c4ccc(C(C)C)cc4)cccc3[cH-]2)cc1.[CH3-].[CH3-].[Hf+4]. The number of hydrogen-bond acceptors (Lipinski definition) is 0. The molecule has 0 N–H and O–H groups in total. The zero-order chi connectivity index (χ0) is 35.3. The maximum atomic E-state index is 2.48. The summed E-state index contributed by atoms with van der Waals surface area (Å²) in [7, 11) is 0. The Morgan fingerprint density at radius 2 is 0.796 bits per heavy atom. The van der Waals surface area contributed by atoms with Gasteiger partial charge in [-0.1, -0.05) is 159 Å². The van der Waals surface area contributed by atoms with Gasteiger partial charge in [0.25, 0.3) is 0 Å². The van der Waals surface area contributed by atoms with Gasteiger partial charge < -0.3 is 14.9 Å². The largest absolute Gasteiger partial charge is 4.00 e. The minimum Gasteiger partial charge on any atom is -0.358 e. The summed E-state index contributed by atoms with van der Waals surface area (Å²) in [5.41, 5.74) is 14.9. The van der Waals surface area contributed by atoms with Crippen molar-refractivity contribution in [1.29, 1.82) is 0 Å². The fourth-order valence-electron chi connectivity index (χ4n) is 8.11. The summed E-state index contributed by atoms with van der Waals surface area (Å²) in [4.78, 5) is 0. The maximum Gasteiger partial charge on any atom is 4.00 e. The van der Waals surface area contributed by atoms with E-state index in [4.69, 9.17) is 0 Å². The number of rotatable bonds is 8. The predicted molar refractivity (Wildman–Crippen MR) is 232 cm³/mol. The van der Waals surface area contributed by atoms with Crippen molar-refractivity contribution in [3.63, 3.8) is 0 Å². The van der Waals surface area contributed by atoms with Crippen molar-refractivity contribution in [1.82, 2.24) is 0 Å². The van der Waals surface area contributed by atoms with Gasteiger partial charge in [-0.15, -0.1) is 69.1 Å². The van der Waals surface area contributed by atoms with E-state index in [1.807, 2.05) is 0 Å². The molecule has 0 unspecified atom stereocenters. The van der Waals surface area contributed by atoms with Crippen molar-refractivity contribution in [2.75, 3.05) is 0 Å². The van der Waals surface area contributed by atoms with Crippen LogP contribution in [0.2, 0.25) is 0 Å². The van der Waals surface area contributed by atoms with Gasteiger partial charge >= 0.3 is 25.8 Å². The molecule has 8 aromatic rings. The fraction of sp³-hybridized carbons (Fsp3) is 0.170. The summed E-state index contributed by atoms with van der Waals surface area (Å²) in [6.45, 7) is 13.4. The molecule has 8 rings (SSSR count). The fourth-order valence-corrected chi connectivity index (χ4v) is 8.11. The second-order valence-corrected chi connectivity index (χ2v) is 15.1. The van der Waals surface area contributed by atoms with Gasteiger partial charge in [0.2, 0.25) is 0 Å². The van der Waals surface area contributed by atoms with E-state index in [0.717, 1.165) is 0 Å². The second kappa shape index (κ2) is 16.4. The normalized spacial score (nSPS) is 11.4. The molecule has 0 bridgehead atoms. The van der Waals surface area contributed by atoms with E-state index in [9.17, 15) is 0 Å². The Kier molecular flexibility index (Phi) is 12.3.